The van der Waals surface area contributed by atoms with Crippen molar-refractivity contribution in [2.24, 2.45) is 0 Å². The first kappa shape index (κ1) is 21.9. The number of aromatic nitrogens is 2. The largest absolute Gasteiger partial charge is 0.437 e. The number of nitriles is 1. The van der Waals surface area contributed by atoms with Crippen molar-refractivity contribution in [3.63, 3.8) is 0 Å². The van der Waals surface area contributed by atoms with Crippen LogP contribution in [0.2, 0.25) is 0 Å². The summed E-state index contributed by atoms with van der Waals surface area (Å²) in [5, 5.41) is 10.8. The molecule has 9 heteroatoms. The summed E-state index contributed by atoms with van der Waals surface area (Å²) >= 11 is 0. The van der Waals surface area contributed by atoms with Gasteiger partial charge < -0.3 is 10.1 Å². The average Bonchev–Trinajstić information content (AvgIpc) is 2.80. The van der Waals surface area contributed by atoms with E-state index in [0.717, 1.165) is 0 Å². The van der Waals surface area contributed by atoms with E-state index in [1.807, 2.05) is 12.1 Å². The van der Waals surface area contributed by atoms with E-state index >= 15 is 0 Å². The van der Waals surface area contributed by atoms with Gasteiger partial charge in [0.2, 0.25) is 21.6 Å². The van der Waals surface area contributed by atoms with Crippen molar-refractivity contribution in [3.05, 3.63) is 84.6 Å². The maximum atomic E-state index is 13.4. The number of ether oxygens (including phenoxy) is 1. The molecule has 33 heavy (non-hydrogen) atoms. The smallest absolute Gasteiger partial charge is 0.244 e. The molecule has 0 saturated carbocycles. The third-order valence-corrected chi connectivity index (χ3v) is 6.58. The Hall–Kier alpha value is -4.29. The lowest BCUT2D eigenvalue weighted by Gasteiger charge is -2.15. The fourth-order valence-electron chi connectivity index (χ4n) is 3.19. The molecule has 3 aromatic carbocycles. The van der Waals surface area contributed by atoms with Gasteiger partial charge in [0.05, 0.1) is 22.0 Å². The van der Waals surface area contributed by atoms with Crippen molar-refractivity contribution in [1.82, 2.24) is 9.97 Å². The van der Waals surface area contributed by atoms with Crippen LogP contribution in [0, 0.1) is 11.3 Å². The Labute approximate surface area is 190 Å². The molecule has 0 bridgehead atoms. The minimum atomic E-state index is -4.19. The van der Waals surface area contributed by atoms with Crippen molar-refractivity contribution in [2.45, 2.75) is 17.1 Å². The Bertz CT molecular complexity index is 1460. The van der Waals surface area contributed by atoms with Crippen LogP contribution < -0.4 is 10.1 Å². The number of fused-ring (bicyclic) bond motifs is 1. The van der Waals surface area contributed by atoms with Crippen molar-refractivity contribution in [2.75, 3.05) is 5.32 Å². The zero-order chi connectivity index (χ0) is 23.4. The third kappa shape index (κ3) is 4.66. The van der Waals surface area contributed by atoms with E-state index in [4.69, 9.17) is 4.74 Å². The monoisotopic (exact) mass is 458 g/mol. The molecule has 0 aliphatic heterocycles. The summed E-state index contributed by atoms with van der Waals surface area (Å²) in [6, 6.07) is 23.1. The van der Waals surface area contributed by atoms with Crippen LogP contribution in [-0.4, -0.2) is 24.3 Å². The van der Waals surface area contributed by atoms with Gasteiger partial charge in [-0.1, -0.05) is 30.3 Å². The standard InChI is InChI=1S/C24H18N4O4S/c1-16(29)26-17-11-13-19(14-12-17)33(30,31)22(15-25)23-24(32-18-7-3-2-4-8-18)28-21-10-6-5-9-20(21)27-23/h2-14,22H,1H3,(H,26,29)/t22-/m0/s1. The molecular weight excluding hydrogens is 440 g/mol. The van der Waals surface area contributed by atoms with Gasteiger partial charge in [-0.2, -0.15) is 5.26 Å². The summed E-state index contributed by atoms with van der Waals surface area (Å²) < 4.78 is 32.7. The SMILES string of the molecule is CC(=O)Nc1ccc(S(=O)(=O)[C@@H](C#N)c2nc3ccccc3nc2Oc2ccccc2)cc1. The van der Waals surface area contributed by atoms with E-state index in [1.165, 1.54) is 31.2 Å². The van der Waals surface area contributed by atoms with Crippen molar-refractivity contribution in [3.8, 4) is 17.7 Å². The van der Waals surface area contributed by atoms with Crippen LogP contribution in [0.5, 0.6) is 11.6 Å². The number of nitrogens with one attached hydrogen (secondary N) is 1. The number of anilines is 1. The molecule has 164 valence electrons. The molecule has 0 spiro atoms. The predicted octanol–water partition coefficient (Wildman–Crippen LogP) is 4.42. The van der Waals surface area contributed by atoms with Gasteiger partial charge in [0.1, 0.15) is 11.4 Å². The van der Waals surface area contributed by atoms with Crippen LogP contribution in [0.25, 0.3) is 11.0 Å². The van der Waals surface area contributed by atoms with E-state index in [0.29, 0.717) is 22.5 Å². The van der Waals surface area contributed by atoms with Crippen LogP contribution >= 0.6 is 0 Å². The van der Waals surface area contributed by atoms with E-state index in [9.17, 15) is 18.5 Å². The lowest BCUT2D eigenvalue weighted by molar-refractivity contribution is -0.114. The number of hydrogen-bond donors (Lipinski definition) is 1. The normalized spacial score (nSPS) is 12.0. The second-order valence-corrected chi connectivity index (χ2v) is 9.11. The fourth-order valence-corrected chi connectivity index (χ4v) is 4.56. The fraction of sp³-hybridized carbons (Fsp3) is 0.0833. The predicted molar refractivity (Wildman–Crippen MR) is 122 cm³/mol. The minimum Gasteiger partial charge on any atom is -0.437 e. The molecule has 0 radical (unpaired) electrons. The number of sulfone groups is 1. The molecule has 1 heterocycles. The molecule has 1 aromatic heterocycles. The van der Waals surface area contributed by atoms with Gasteiger partial charge in [-0.05, 0) is 48.5 Å². The van der Waals surface area contributed by atoms with Gasteiger partial charge in [-0.25, -0.2) is 18.4 Å². The Morgan fingerprint density at radius 1 is 0.939 bits per heavy atom. The van der Waals surface area contributed by atoms with Crippen LogP contribution in [0.4, 0.5) is 5.69 Å². The Balaban J connectivity index is 1.81. The Morgan fingerprint density at radius 3 is 2.15 bits per heavy atom. The van der Waals surface area contributed by atoms with E-state index < -0.39 is 15.1 Å². The molecule has 1 atom stereocenters. The molecular formula is C24H18N4O4S. The van der Waals surface area contributed by atoms with Gasteiger partial charge in [0.25, 0.3) is 0 Å². The summed E-state index contributed by atoms with van der Waals surface area (Å²) in [4.78, 5) is 20.0. The minimum absolute atomic E-state index is 0.0649. The summed E-state index contributed by atoms with van der Waals surface area (Å²) in [5.41, 5.74) is 1.27. The van der Waals surface area contributed by atoms with Gasteiger partial charge in [0, 0.05) is 12.6 Å². The number of nitrogens with zero attached hydrogens (tertiary/aromatic N) is 3. The number of benzene rings is 3. The highest BCUT2D eigenvalue weighted by atomic mass is 32.2. The molecule has 4 aromatic rings. The lowest BCUT2D eigenvalue weighted by Crippen LogP contribution is -2.16. The van der Waals surface area contributed by atoms with Crippen molar-refractivity contribution < 1.29 is 17.9 Å². The van der Waals surface area contributed by atoms with Gasteiger partial charge in [-0.15, -0.1) is 0 Å². The molecule has 0 aliphatic rings. The average molecular weight is 458 g/mol. The molecule has 0 saturated heterocycles. The molecule has 8 nitrogen and oxygen atoms in total. The molecule has 0 aliphatic carbocycles. The Kier molecular flexibility index (Phi) is 6.02. The van der Waals surface area contributed by atoms with E-state index in [-0.39, 0.29) is 22.4 Å². The highest BCUT2D eigenvalue weighted by molar-refractivity contribution is 7.92. The molecule has 1 amide bonds. The van der Waals surface area contributed by atoms with Crippen molar-refractivity contribution in [1.29, 1.82) is 5.26 Å². The zero-order valence-corrected chi connectivity index (χ0v) is 18.3. The van der Waals surface area contributed by atoms with Crippen LogP contribution in [0.3, 0.4) is 0 Å². The van der Waals surface area contributed by atoms with Gasteiger partial charge >= 0.3 is 0 Å². The lowest BCUT2D eigenvalue weighted by atomic mass is 10.2. The topological polar surface area (TPSA) is 122 Å². The number of carbonyl (C=O) groups is 1. The molecule has 4 rings (SSSR count). The maximum Gasteiger partial charge on any atom is 0.244 e. The van der Waals surface area contributed by atoms with Crippen molar-refractivity contribution >= 4 is 32.5 Å². The number of rotatable bonds is 6. The second-order valence-electron chi connectivity index (χ2n) is 7.08. The summed E-state index contributed by atoms with van der Waals surface area (Å²) in [6.07, 6.45) is 0. The zero-order valence-electron chi connectivity index (χ0n) is 17.5. The quantitative estimate of drug-likeness (QED) is 0.454. The highest BCUT2D eigenvalue weighted by Crippen LogP contribution is 2.35. The third-order valence-electron chi connectivity index (χ3n) is 4.70. The molecule has 0 unspecified atom stereocenters. The molecule has 1 N–H and O–H groups in total. The summed E-state index contributed by atoms with van der Waals surface area (Å²) in [6.45, 7) is 1.35. The van der Waals surface area contributed by atoms with E-state index in [1.54, 1.807) is 48.5 Å². The van der Waals surface area contributed by atoms with Gasteiger partial charge in [0.15, 0.2) is 5.25 Å². The molecule has 0 fully saturated rings. The van der Waals surface area contributed by atoms with Gasteiger partial charge in [-0.3, -0.25) is 4.79 Å². The second kappa shape index (κ2) is 9.06. The number of hydrogen-bond acceptors (Lipinski definition) is 7. The summed E-state index contributed by atoms with van der Waals surface area (Å²) in [7, 11) is -4.19. The number of amides is 1. The van der Waals surface area contributed by atoms with Crippen LogP contribution in [0.1, 0.15) is 17.9 Å². The van der Waals surface area contributed by atoms with Crippen LogP contribution in [0.15, 0.2) is 83.8 Å². The van der Waals surface area contributed by atoms with Crippen LogP contribution in [-0.2, 0) is 14.6 Å². The summed E-state index contributed by atoms with van der Waals surface area (Å²) in [5.74, 6) is 0.0802. The first-order chi connectivity index (χ1) is 15.9. The maximum absolute atomic E-state index is 13.4. The van der Waals surface area contributed by atoms with E-state index in [2.05, 4.69) is 15.3 Å². The first-order valence-corrected chi connectivity index (χ1v) is 11.4. The first-order valence-electron chi connectivity index (χ1n) is 9.89. The number of para-hydroxylation sites is 3. The Morgan fingerprint density at radius 2 is 1.55 bits per heavy atom. The number of carbonyl (C=O) groups excluding carboxylic acids is 1. The highest BCUT2D eigenvalue weighted by Gasteiger charge is 2.34.